The van der Waals surface area contributed by atoms with Gasteiger partial charge in [0.25, 0.3) is 0 Å². The van der Waals surface area contributed by atoms with Crippen LogP contribution in [0.1, 0.15) is 48.4 Å². The summed E-state index contributed by atoms with van der Waals surface area (Å²) in [6, 6.07) is 11.2. The van der Waals surface area contributed by atoms with E-state index in [9.17, 15) is 19.2 Å². The number of benzene rings is 2. The molecular formula is C21H22O9. The number of aromatic carboxylic acids is 2. The van der Waals surface area contributed by atoms with Crippen LogP contribution in [0.4, 0.5) is 0 Å². The van der Waals surface area contributed by atoms with E-state index >= 15 is 0 Å². The summed E-state index contributed by atoms with van der Waals surface area (Å²) in [6.07, 6.45) is 0. The average molecular weight is 418 g/mol. The fourth-order valence-electron chi connectivity index (χ4n) is 1.82. The lowest BCUT2D eigenvalue weighted by molar-refractivity contribution is 0.0432. The van der Waals surface area contributed by atoms with E-state index in [1.54, 1.807) is 0 Å². The molecule has 0 aromatic heterocycles. The fraction of sp³-hybridized carbons (Fsp3) is 0.238. The quantitative estimate of drug-likeness (QED) is 0.364. The molecule has 0 saturated carbocycles. The van der Waals surface area contributed by atoms with Crippen molar-refractivity contribution >= 4 is 23.7 Å². The van der Waals surface area contributed by atoms with Crippen LogP contribution in [-0.2, 0) is 9.47 Å². The number of epoxide rings is 1. The number of ketones is 1. The van der Waals surface area contributed by atoms with Gasteiger partial charge in [0.15, 0.2) is 5.78 Å². The van der Waals surface area contributed by atoms with Gasteiger partial charge in [0.05, 0.1) is 36.5 Å². The van der Waals surface area contributed by atoms with E-state index in [0.29, 0.717) is 5.56 Å². The summed E-state index contributed by atoms with van der Waals surface area (Å²) < 4.78 is 9.14. The smallest absolute Gasteiger partial charge is 0.338 e. The number of carbonyl (C=O) groups is 4. The highest BCUT2D eigenvalue weighted by atomic mass is 16.6. The van der Waals surface area contributed by atoms with Crippen LogP contribution >= 0.6 is 0 Å². The molecule has 0 spiro atoms. The van der Waals surface area contributed by atoms with Crippen molar-refractivity contribution in [1.82, 2.24) is 0 Å². The molecule has 9 heteroatoms. The number of aliphatic hydroxyl groups excluding tert-OH is 1. The molecule has 0 unspecified atom stereocenters. The van der Waals surface area contributed by atoms with Crippen LogP contribution in [0.15, 0.2) is 48.5 Å². The van der Waals surface area contributed by atoms with Gasteiger partial charge in [0, 0.05) is 5.56 Å². The predicted molar refractivity (Wildman–Crippen MR) is 105 cm³/mol. The molecule has 0 atom stereocenters. The van der Waals surface area contributed by atoms with Gasteiger partial charge in [-0.15, -0.1) is 0 Å². The first kappa shape index (κ1) is 24.5. The molecule has 0 aliphatic carbocycles. The summed E-state index contributed by atoms with van der Waals surface area (Å²) >= 11 is 0. The van der Waals surface area contributed by atoms with Gasteiger partial charge < -0.3 is 24.8 Å². The van der Waals surface area contributed by atoms with Crippen molar-refractivity contribution in [3.05, 3.63) is 70.8 Å². The van der Waals surface area contributed by atoms with Gasteiger partial charge in [-0.1, -0.05) is 12.1 Å². The average Bonchev–Trinajstić information content (AvgIpc) is 3.62. The Morgan fingerprint density at radius 2 is 1.17 bits per heavy atom. The van der Waals surface area contributed by atoms with E-state index in [1.807, 2.05) is 0 Å². The van der Waals surface area contributed by atoms with Crippen molar-refractivity contribution in [2.24, 2.45) is 0 Å². The van der Waals surface area contributed by atoms with Crippen molar-refractivity contribution in [1.29, 1.82) is 0 Å². The highest BCUT2D eigenvalue weighted by Crippen LogP contribution is 2.06. The number of Topliss-reactive ketones (excluding diaryl/α,β-unsaturated/α-hetero) is 1. The van der Waals surface area contributed by atoms with Gasteiger partial charge in [-0.3, -0.25) is 4.79 Å². The third-order valence-corrected chi connectivity index (χ3v) is 3.43. The Kier molecular flexibility index (Phi) is 10.5. The zero-order valence-electron chi connectivity index (χ0n) is 16.2. The Bertz CT molecular complexity index is 817. The first-order valence-electron chi connectivity index (χ1n) is 8.79. The molecule has 2 aromatic carbocycles. The second-order valence-corrected chi connectivity index (χ2v) is 5.79. The van der Waals surface area contributed by atoms with Crippen LogP contribution in [0.3, 0.4) is 0 Å². The van der Waals surface area contributed by atoms with Gasteiger partial charge in [0.2, 0.25) is 0 Å². The van der Waals surface area contributed by atoms with Crippen molar-refractivity contribution in [2.45, 2.75) is 6.92 Å². The van der Waals surface area contributed by atoms with E-state index in [0.717, 1.165) is 13.2 Å². The second-order valence-electron chi connectivity index (χ2n) is 5.79. The number of carboxylic acid groups (broad SMARTS) is 2. The van der Waals surface area contributed by atoms with Gasteiger partial charge in [-0.2, -0.15) is 0 Å². The minimum absolute atomic E-state index is 0.0630. The number of aliphatic hydroxyl groups is 1. The van der Waals surface area contributed by atoms with E-state index in [-0.39, 0.29) is 35.7 Å². The van der Waals surface area contributed by atoms with Crippen molar-refractivity contribution < 1.29 is 44.0 Å². The number of hydrogen-bond acceptors (Lipinski definition) is 7. The summed E-state index contributed by atoms with van der Waals surface area (Å²) in [5, 5.41) is 25.6. The number of esters is 1. The first-order valence-corrected chi connectivity index (χ1v) is 8.79. The molecule has 1 aliphatic heterocycles. The Hall–Kier alpha value is -3.56. The minimum Gasteiger partial charge on any atom is -0.478 e. The monoisotopic (exact) mass is 418 g/mol. The lowest BCUT2D eigenvalue weighted by atomic mass is 10.1. The van der Waals surface area contributed by atoms with Crippen LogP contribution in [0.25, 0.3) is 0 Å². The Morgan fingerprint density at radius 3 is 1.47 bits per heavy atom. The second kappa shape index (κ2) is 12.8. The maximum atomic E-state index is 11.2. The number of ether oxygens (including phenoxy) is 2. The van der Waals surface area contributed by atoms with E-state index in [4.69, 9.17) is 15.3 Å². The van der Waals surface area contributed by atoms with E-state index in [1.165, 1.54) is 55.5 Å². The molecule has 1 fully saturated rings. The molecule has 3 rings (SSSR count). The van der Waals surface area contributed by atoms with E-state index in [2.05, 4.69) is 9.47 Å². The Morgan fingerprint density at radius 1 is 0.800 bits per heavy atom. The van der Waals surface area contributed by atoms with Crippen LogP contribution < -0.4 is 0 Å². The number of carbonyl (C=O) groups excluding carboxylic acids is 2. The van der Waals surface area contributed by atoms with Gasteiger partial charge >= 0.3 is 17.9 Å². The molecule has 2 aromatic rings. The largest absolute Gasteiger partial charge is 0.478 e. The van der Waals surface area contributed by atoms with Crippen LogP contribution in [-0.4, -0.2) is 65.4 Å². The number of hydrogen-bond donors (Lipinski definition) is 3. The first-order chi connectivity index (χ1) is 14.3. The van der Waals surface area contributed by atoms with Crippen LogP contribution in [0, 0.1) is 0 Å². The van der Waals surface area contributed by atoms with Crippen molar-refractivity contribution in [3.8, 4) is 0 Å². The maximum Gasteiger partial charge on any atom is 0.338 e. The van der Waals surface area contributed by atoms with Crippen molar-refractivity contribution in [2.75, 3.05) is 26.4 Å². The molecule has 1 saturated heterocycles. The Balaban J connectivity index is 0.000000267. The summed E-state index contributed by atoms with van der Waals surface area (Å²) in [5.41, 5.74) is 1.09. The predicted octanol–water partition coefficient (Wildman–Crippen LogP) is 2.14. The number of rotatable bonds is 6. The lowest BCUT2D eigenvalue weighted by Gasteiger charge is -2.02. The van der Waals surface area contributed by atoms with Crippen LogP contribution in [0.2, 0.25) is 0 Å². The normalized spacial score (nSPS) is 11.0. The van der Waals surface area contributed by atoms with Crippen molar-refractivity contribution in [3.63, 3.8) is 0 Å². The third-order valence-electron chi connectivity index (χ3n) is 3.43. The molecule has 3 N–H and O–H groups in total. The molecule has 1 heterocycles. The van der Waals surface area contributed by atoms with E-state index < -0.39 is 17.9 Å². The zero-order chi connectivity index (χ0) is 22.5. The molecule has 9 nitrogen and oxygen atoms in total. The standard InChI is InChI=1S/C10H10O5.C9H8O3.C2H4O/c11-5-6-15-10(14)8-3-1-7(2-4-8)9(12)13;1-6(10)7-2-4-8(5-3-7)9(11)12;1-2-3-1/h1-4,11H,5-6H2,(H,12,13);2-5H,1H3,(H,11,12);1-2H2. The maximum absolute atomic E-state index is 11.2. The Labute approximate surface area is 172 Å². The van der Waals surface area contributed by atoms with Crippen LogP contribution in [0.5, 0.6) is 0 Å². The summed E-state index contributed by atoms with van der Waals surface area (Å²) in [6.45, 7) is 3.13. The topological polar surface area (TPSA) is 151 Å². The fourth-order valence-corrected chi connectivity index (χ4v) is 1.82. The van der Waals surface area contributed by atoms with Gasteiger partial charge in [0.1, 0.15) is 6.61 Å². The highest BCUT2D eigenvalue weighted by Gasteiger charge is 2.08. The lowest BCUT2D eigenvalue weighted by Crippen LogP contribution is -2.09. The third kappa shape index (κ3) is 9.58. The molecule has 0 radical (unpaired) electrons. The summed E-state index contributed by atoms with van der Waals surface area (Å²) in [7, 11) is 0. The molecule has 160 valence electrons. The molecular weight excluding hydrogens is 396 g/mol. The number of carboxylic acids is 2. The van der Waals surface area contributed by atoms with Gasteiger partial charge in [-0.25, -0.2) is 14.4 Å². The molecule has 1 aliphatic rings. The summed E-state index contributed by atoms with van der Waals surface area (Å²) in [4.78, 5) is 42.9. The minimum atomic E-state index is -1.05. The SMILES string of the molecule is C1CO1.CC(=O)c1ccc(C(=O)O)cc1.O=C(O)c1ccc(C(=O)OCCO)cc1. The van der Waals surface area contributed by atoms with Gasteiger partial charge in [-0.05, 0) is 43.3 Å². The molecule has 0 bridgehead atoms. The highest BCUT2D eigenvalue weighted by molar-refractivity contribution is 5.95. The molecule has 0 amide bonds. The molecule has 30 heavy (non-hydrogen) atoms. The zero-order valence-corrected chi connectivity index (χ0v) is 16.2. The summed E-state index contributed by atoms with van der Waals surface area (Å²) in [5.74, 6) is -2.68.